The Morgan fingerprint density at radius 2 is 1.80 bits per heavy atom. The zero-order valence-corrected chi connectivity index (χ0v) is 11.0. The van der Waals surface area contributed by atoms with Crippen LogP contribution >= 0.6 is 0 Å². The third-order valence-corrected chi connectivity index (χ3v) is 3.03. The van der Waals surface area contributed by atoms with E-state index >= 15 is 0 Å². The first-order chi connectivity index (χ1) is 9.85. The zero-order valence-electron chi connectivity index (χ0n) is 11.0. The highest BCUT2D eigenvalue weighted by atomic mass is 16.5. The molecule has 0 saturated carbocycles. The van der Waals surface area contributed by atoms with Crippen molar-refractivity contribution in [3.63, 3.8) is 0 Å². The van der Waals surface area contributed by atoms with Gasteiger partial charge in [0, 0.05) is 11.6 Å². The van der Waals surface area contributed by atoms with Crippen LogP contribution in [0.4, 0.5) is 0 Å². The summed E-state index contributed by atoms with van der Waals surface area (Å²) in [5, 5.41) is 0.998. The van der Waals surface area contributed by atoms with E-state index in [4.69, 9.17) is 10.5 Å². The van der Waals surface area contributed by atoms with Crippen molar-refractivity contribution in [2.24, 2.45) is 5.73 Å². The lowest BCUT2D eigenvalue weighted by molar-refractivity contribution is 0.444. The van der Waals surface area contributed by atoms with Crippen molar-refractivity contribution in [1.29, 1.82) is 0 Å². The van der Waals surface area contributed by atoms with Crippen LogP contribution in [0.15, 0.2) is 54.7 Å². The quantitative estimate of drug-likeness (QED) is 0.788. The second-order valence-electron chi connectivity index (χ2n) is 4.50. The molecule has 0 atom stereocenters. The van der Waals surface area contributed by atoms with E-state index in [9.17, 15) is 0 Å². The highest BCUT2D eigenvalue weighted by Gasteiger charge is 2.02. The monoisotopic (exact) mass is 265 g/mol. The molecule has 2 N–H and O–H groups in total. The Morgan fingerprint density at radius 3 is 2.60 bits per heavy atom. The van der Waals surface area contributed by atoms with Crippen LogP contribution in [0.25, 0.3) is 10.9 Å². The molecule has 1 heterocycles. The van der Waals surface area contributed by atoms with Crippen LogP contribution < -0.4 is 10.5 Å². The lowest BCUT2D eigenvalue weighted by Crippen LogP contribution is -2.02. The van der Waals surface area contributed by atoms with E-state index in [0.29, 0.717) is 12.6 Å². The van der Waals surface area contributed by atoms with Gasteiger partial charge in [-0.3, -0.25) is 0 Å². The first-order valence-corrected chi connectivity index (χ1v) is 6.54. The fourth-order valence-corrected chi connectivity index (χ4v) is 2.00. The van der Waals surface area contributed by atoms with Crippen LogP contribution in [-0.4, -0.2) is 16.5 Å². The van der Waals surface area contributed by atoms with Gasteiger partial charge in [0.2, 0.25) is 0 Å². The number of ether oxygens (including phenoxy) is 1. The van der Waals surface area contributed by atoms with Gasteiger partial charge in [-0.25, -0.2) is 4.98 Å². The number of hydrogen-bond donors (Lipinski definition) is 1. The molecular formula is C16H15N3O. The maximum absolute atomic E-state index is 5.67. The summed E-state index contributed by atoms with van der Waals surface area (Å²) in [7, 11) is 0. The average Bonchev–Trinajstić information content (AvgIpc) is 2.49. The highest BCUT2D eigenvalue weighted by Crippen LogP contribution is 2.20. The van der Waals surface area contributed by atoms with Crippen molar-refractivity contribution in [2.75, 3.05) is 6.54 Å². The first-order valence-electron chi connectivity index (χ1n) is 6.54. The van der Waals surface area contributed by atoms with Gasteiger partial charge in [0.05, 0.1) is 5.52 Å². The Hall–Kier alpha value is -2.46. The normalized spacial score (nSPS) is 10.7. The minimum atomic E-state index is 0.357. The molecular weight excluding hydrogens is 250 g/mol. The smallest absolute Gasteiger partial charge is 0.322 e. The predicted molar refractivity (Wildman–Crippen MR) is 78.8 cm³/mol. The number of hydrogen-bond acceptors (Lipinski definition) is 4. The van der Waals surface area contributed by atoms with E-state index in [1.165, 1.54) is 5.56 Å². The van der Waals surface area contributed by atoms with Gasteiger partial charge < -0.3 is 10.5 Å². The molecule has 4 heteroatoms. The highest BCUT2D eigenvalue weighted by molar-refractivity contribution is 5.77. The summed E-state index contributed by atoms with van der Waals surface area (Å²) in [5.74, 6) is 0.723. The van der Waals surface area contributed by atoms with Crippen LogP contribution in [0.3, 0.4) is 0 Å². The Morgan fingerprint density at radius 1 is 1.00 bits per heavy atom. The molecule has 0 aliphatic rings. The molecule has 100 valence electrons. The molecule has 0 bridgehead atoms. The summed E-state index contributed by atoms with van der Waals surface area (Å²) in [6.07, 6.45) is 2.63. The SMILES string of the molecule is NCCc1ccc(Oc2ncc3ccccc3n2)cc1. The fourth-order valence-electron chi connectivity index (χ4n) is 2.00. The molecule has 0 radical (unpaired) electrons. The van der Waals surface area contributed by atoms with E-state index < -0.39 is 0 Å². The van der Waals surface area contributed by atoms with Crippen LogP contribution in [0.1, 0.15) is 5.56 Å². The number of fused-ring (bicyclic) bond motifs is 1. The van der Waals surface area contributed by atoms with Gasteiger partial charge in [0.25, 0.3) is 0 Å². The molecule has 3 aromatic rings. The van der Waals surface area contributed by atoms with Gasteiger partial charge in [-0.2, -0.15) is 4.98 Å². The maximum Gasteiger partial charge on any atom is 0.322 e. The van der Waals surface area contributed by atoms with Crippen LogP contribution in [0, 0.1) is 0 Å². The van der Waals surface area contributed by atoms with Crippen LogP contribution in [0.5, 0.6) is 11.8 Å². The molecule has 2 aromatic carbocycles. The summed E-state index contributed by atoms with van der Waals surface area (Å²) in [4.78, 5) is 8.58. The van der Waals surface area contributed by atoms with E-state index in [0.717, 1.165) is 23.1 Å². The number of benzene rings is 2. The van der Waals surface area contributed by atoms with Crippen molar-refractivity contribution < 1.29 is 4.74 Å². The molecule has 0 unspecified atom stereocenters. The molecule has 0 fully saturated rings. The summed E-state index contributed by atoms with van der Waals surface area (Å²) in [5.41, 5.74) is 7.59. The summed E-state index contributed by atoms with van der Waals surface area (Å²) in [6, 6.07) is 16.0. The molecule has 0 aliphatic heterocycles. The minimum Gasteiger partial charge on any atom is -0.424 e. The largest absolute Gasteiger partial charge is 0.424 e. The Bertz CT molecular complexity index is 710. The number of nitrogens with two attached hydrogens (primary N) is 1. The molecule has 0 amide bonds. The third-order valence-electron chi connectivity index (χ3n) is 3.03. The summed E-state index contributed by atoms with van der Waals surface area (Å²) in [6.45, 7) is 0.647. The van der Waals surface area contributed by atoms with Crippen LogP contribution in [-0.2, 0) is 6.42 Å². The van der Waals surface area contributed by atoms with Gasteiger partial charge in [-0.1, -0.05) is 30.3 Å². The Kier molecular flexibility index (Phi) is 3.56. The lowest BCUT2D eigenvalue weighted by atomic mass is 10.1. The number of aromatic nitrogens is 2. The summed E-state index contributed by atoms with van der Waals surface area (Å²) < 4.78 is 5.67. The van der Waals surface area contributed by atoms with Crippen molar-refractivity contribution in [2.45, 2.75) is 6.42 Å². The molecule has 0 spiro atoms. The van der Waals surface area contributed by atoms with Gasteiger partial charge >= 0.3 is 6.01 Å². The molecule has 4 nitrogen and oxygen atoms in total. The molecule has 0 aliphatic carbocycles. The van der Waals surface area contributed by atoms with E-state index in [2.05, 4.69) is 9.97 Å². The number of rotatable bonds is 4. The van der Waals surface area contributed by atoms with Gasteiger partial charge in [-0.05, 0) is 36.7 Å². The van der Waals surface area contributed by atoms with Gasteiger partial charge in [0.15, 0.2) is 0 Å². The molecule has 3 rings (SSSR count). The van der Waals surface area contributed by atoms with Crippen molar-refractivity contribution in [3.05, 3.63) is 60.3 Å². The lowest BCUT2D eigenvalue weighted by Gasteiger charge is -2.05. The van der Waals surface area contributed by atoms with Crippen LogP contribution in [0.2, 0.25) is 0 Å². The number of nitrogens with zero attached hydrogens (tertiary/aromatic N) is 2. The van der Waals surface area contributed by atoms with E-state index in [1.807, 2.05) is 48.5 Å². The Balaban J connectivity index is 1.81. The molecule has 20 heavy (non-hydrogen) atoms. The first kappa shape index (κ1) is 12.6. The van der Waals surface area contributed by atoms with Crippen molar-refractivity contribution in [3.8, 4) is 11.8 Å². The Labute approximate surface area is 117 Å². The third kappa shape index (κ3) is 2.75. The standard InChI is InChI=1S/C16H15N3O/c17-10-9-12-5-7-14(8-6-12)20-16-18-11-13-3-1-2-4-15(13)19-16/h1-8,11H,9-10,17H2. The minimum absolute atomic E-state index is 0.357. The maximum atomic E-state index is 5.67. The number of para-hydroxylation sites is 1. The van der Waals surface area contributed by atoms with E-state index in [1.54, 1.807) is 6.20 Å². The fraction of sp³-hybridized carbons (Fsp3) is 0.125. The van der Waals surface area contributed by atoms with Gasteiger partial charge in [0.1, 0.15) is 5.75 Å². The second-order valence-corrected chi connectivity index (χ2v) is 4.50. The predicted octanol–water partition coefficient (Wildman–Crippen LogP) is 2.92. The molecule has 1 aromatic heterocycles. The second kappa shape index (κ2) is 5.67. The van der Waals surface area contributed by atoms with E-state index in [-0.39, 0.29) is 0 Å². The topological polar surface area (TPSA) is 61.0 Å². The summed E-state index contributed by atoms with van der Waals surface area (Å²) >= 11 is 0. The van der Waals surface area contributed by atoms with Crippen molar-refractivity contribution >= 4 is 10.9 Å². The van der Waals surface area contributed by atoms with Crippen molar-refractivity contribution in [1.82, 2.24) is 9.97 Å². The van der Waals surface area contributed by atoms with Gasteiger partial charge in [-0.15, -0.1) is 0 Å². The average molecular weight is 265 g/mol. The zero-order chi connectivity index (χ0) is 13.8. The molecule has 0 saturated heterocycles.